The highest BCUT2D eigenvalue weighted by Gasteiger charge is 2.34. The summed E-state index contributed by atoms with van der Waals surface area (Å²) in [5.74, 6) is 2.85. The number of hydrogen-bond acceptors (Lipinski definition) is 8. The van der Waals surface area contributed by atoms with Crippen molar-refractivity contribution in [2.24, 2.45) is 10.2 Å². The van der Waals surface area contributed by atoms with Gasteiger partial charge in [0.25, 0.3) is 5.91 Å². The Kier molecular flexibility index (Phi) is 10.3. The number of hydrogen-bond donors (Lipinski definition) is 0. The molecule has 5 aromatic rings. The molecule has 1 aromatic heterocycles. The lowest BCUT2D eigenvalue weighted by Gasteiger charge is -2.13. The number of rotatable bonds is 11. The Hall–Kier alpha value is -4.96. The van der Waals surface area contributed by atoms with Crippen LogP contribution in [0.15, 0.2) is 129 Å². The van der Waals surface area contributed by atoms with Gasteiger partial charge in [-0.2, -0.15) is 5.10 Å². The maximum atomic E-state index is 13.6. The fourth-order valence-corrected chi connectivity index (χ4v) is 5.94. The highest BCUT2D eigenvalue weighted by atomic mass is 35.5. The van der Waals surface area contributed by atoms with E-state index in [9.17, 15) is 4.79 Å². The molecule has 0 radical (unpaired) electrons. The number of benzene rings is 4. The highest BCUT2D eigenvalue weighted by molar-refractivity contribution is 8.18. The fraction of sp³-hybridized carbons (Fsp3) is 0.0833. The number of amidine groups is 1. The molecule has 0 bridgehead atoms. The van der Waals surface area contributed by atoms with Gasteiger partial charge in [-0.15, -0.1) is 5.10 Å². The van der Waals surface area contributed by atoms with E-state index >= 15 is 0 Å². The fourth-order valence-electron chi connectivity index (χ4n) is 4.55. The summed E-state index contributed by atoms with van der Waals surface area (Å²) in [6, 6.07) is 31.3. The summed E-state index contributed by atoms with van der Waals surface area (Å²) in [4.78, 5) is 15.6. The summed E-state index contributed by atoms with van der Waals surface area (Å²) in [6.07, 6.45) is 4.96. The van der Waals surface area contributed by atoms with Crippen LogP contribution in [0.1, 0.15) is 22.5 Å². The minimum atomic E-state index is -0.210. The van der Waals surface area contributed by atoms with E-state index in [4.69, 9.17) is 41.8 Å². The van der Waals surface area contributed by atoms with Crippen molar-refractivity contribution < 1.29 is 23.4 Å². The van der Waals surface area contributed by atoms with Gasteiger partial charge >= 0.3 is 0 Å². The number of methoxy groups -OCH3 is 1. The van der Waals surface area contributed by atoms with Gasteiger partial charge in [0.2, 0.25) is 0 Å². The molecule has 1 fully saturated rings. The number of carbonyl (C=O) groups excluding carboxylic acids is 1. The number of halogens is 2. The third-order valence-electron chi connectivity index (χ3n) is 6.85. The van der Waals surface area contributed by atoms with E-state index in [2.05, 4.69) is 10.2 Å². The molecule has 11 heteroatoms. The quantitative estimate of drug-likeness (QED) is 0.0783. The number of thioether (sulfide) groups is 1. The molecule has 2 heterocycles. The molecule has 4 aromatic carbocycles. The molecular formula is C36H27Cl2N3O5S. The summed E-state index contributed by atoms with van der Waals surface area (Å²) in [5.41, 5.74) is 2.33. The van der Waals surface area contributed by atoms with Gasteiger partial charge in [-0.1, -0.05) is 59.6 Å². The number of amides is 1. The number of carbonyl (C=O) groups is 1. The van der Waals surface area contributed by atoms with Crippen molar-refractivity contribution in [2.45, 2.75) is 13.2 Å². The molecule has 8 nitrogen and oxygen atoms in total. The molecule has 0 N–H and O–H groups in total. The van der Waals surface area contributed by atoms with Gasteiger partial charge < -0.3 is 18.6 Å². The molecule has 47 heavy (non-hydrogen) atoms. The zero-order valence-corrected chi connectivity index (χ0v) is 27.3. The van der Waals surface area contributed by atoms with E-state index in [0.29, 0.717) is 43.1 Å². The summed E-state index contributed by atoms with van der Waals surface area (Å²) in [7, 11) is 1.56. The Bertz CT molecular complexity index is 1960. The van der Waals surface area contributed by atoms with Crippen LogP contribution in [0, 0.1) is 0 Å². The number of ether oxygens (including phenoxy) is 3. The third kappa shape index (κ3) is 8.26. The first-order valence-corrected chi connectivity index (χ1v) is 15.9. The maximum absolute atomic E-state index is 13.6. The van der Waals surface area contributed by atoms with Crippen LogP contribution in [0.5, 0.6) is 23.0 Å². The van der Waals surface area contributed by atoms with Crippen LogP contribution in [0.2, 0.25) is 10.0 Å². The average molecular weight is 685 g/mol. The first kappa shape index (κ1) is 32.0. The minimum Gasteiger partial charge on any atom is -0.493 e. The van der Waals surface area contributed by atoms with Gasteiger partial charge in [-0.3, -0.25) is 9.69 Å². The lowest BCUT2D eigenvalue weighted by Crippen LogP contribution is -2.28. The summed E-state index contributed by atoms with van der Waals surface area (Å²) in [6.45, 7) is 0.448. The summed E-state index contributed by atoms with van der Waals surface area (Å²) >= 11 is 13.5. The van der Waals surface area contributed by atoms with Crippen molar-refractivity contribution in [3.63, 3.8) is 0 Å². The van der Waals surface area contributed by atoms with Gasteiger partial charge in [0, 0.05) is 15.6 Å². The SMILES string of the molecule is COc1cc(/C=N\N=C2\S/C(=C\c3cccc(Oc4ccccc4)c3)C(=O)N2Cc2ccco2)ccc1OCc1ccc(Cl)cc1Cl. The van der Waals surface area contributed by atoms with E-state index in [-0.39, 0.29) is 19.1 Å². The molecule has 236 valence electrons. The Morgan fingerprint density at radius 3 is 2.51 bits per heavy atom. The molecule has 0 aliphatic carbocycles. The molecule has 0 atom stereocenters. The Morgan fingerprint density at radius 2 is 1.72 bits per heavy atom. The van der Waals surface area contributed by atoms with Crippen molar-refractivity contribution in [3.05, 3.63) is 147 Å². The second-order valence-electron chi connectivity index (χ2n) is 10.1. The molecule has 0 saturated carbocycles. The summed E-state index contributed by atoms with van der Waals surface area (Å²) in [5, 5.41) is 10.2. The third-order valence-corrected chi connectivity index (χ3v) is 8.44. The maximum Gasteiger partial charge on any atom is 0.267 e. The van der Waals surface area contributed by atoms with Crippen LogP contribution < -0.4 is 14.2 Å². The second kappa shape index (κ2) is 15.1. The van der Waals surface area contributed by atoms with Gasteiger partial charge in [0.15, 0.2) is 16.7 Å². The van der Waals surface area contributed by atoms with E-state index in [1.54, 1.807) is 49.9 Å². The molecular weight excluding hydrogens is 657 g/mol. The van der Waals surface area contributed by atoms with E-state index < -0.39 is 0 Å². The molecule has 1 amide bonds. The van der Waals surface area contributed by atoms with Crippen LogP contribution in [0.4, 0.5) is 0 Å². The van der Waals surface area contributed by atoms with E-state index in [0.717, 1.165) is 22.4 Å². The average Bonchev–Trinajstić information content (AvgIpc) is 3.70. The number of para-hydroxylation sites is 1. The first-order valence-electron chi connectivity index (χ1n) is 14.4. The predicted octanol–water partition coefficient (Wildman–Crippen LogP) is 9.47. The molecule has 1 aliphatic heterocycles. The number of furan rings is 1. The van der Waals surface area contributed by atoms with E-state index in [1.807, 2.05) is 78.9 Å². The van der Waals surface area contributed by atoms with Crippen LogP contribution in [-0.2, 0) is 17.9 Å². The van der Waals surface area contributed by atoms with Crippen LogP contribution >= 0.6 is 35.0 Å². The van der Waals surface area contributed by atoms with Gasteiger partial charge in [-0.05, 0) is 95.7 Å². The van der Waals surface area contributed by atoms with Crippen LogP contribution in [-0.4, -0.2) is 29.3 Å². The summed E-state index contributed by atoms with van der Waals surface area (Å²) < 4.78 is 23.0. The van der Waals surface area contributed by atoms with Crippen molar-refractivity contribution in [2.75, 3.05) is 7.11 Å². The molecule has 0 unspecified atom stereocenters. The lowest BCUT2D eigenvalue weighted by molar-refractivity contribution is -0.122. The first-order chi connectivity index (χ1) is 22.9. The highest BCUT2D eigenvalue weighted by Crippen LogP contribution is 2.35. The normalized spacial score (nSPS) is 14.8. The van der Waals surface area contributed by atoms with Crippen molar-refractivity contribution >= 4 is 58.3 Å². The standard InChI is InChI=1S/C36H27Cl2N3O5S/c1-43-33-18-25(12-15-32(33)45-23-26-13-14-27(37)20-31(26)38)21-39-40-36-41(22-30-11-6-16-44-30)35(42)34(47-36)19-24-7-5-10-29(17-24)46-28-8-3-2-4-9-28/h2-21H,22-23H2,1H3/b34-19-,39-21-,40-36+. The van der Waals surface area contributed by atoms with Gasteiger partial charge in [-0.25, -0.2) is 0 Å². The van der Waals surface area contributed by atoms with Gasteiger partial charge in [0.1, 0.15) is 23.9 Å². The number of nitrogens with zero attached hydrogens (tertiary/aromatic N) is 3. The van der Waals surface area contributed by atoms with Crippen LogP contribution in [0.25, 0.3) is 6.08 Å². The van der Waals surface area contributed by atoms with Crippen LogP contribution in [0.3, 0.4) is 0 Å². The van der Waals surface area contributed by atoms with Gasteiger partial charge in [0.05, 0.1) is 31.0 Å². The Balaban J connectivity index is 1.19. The second-order valence-corrected chi connectivity index (χ2v) is 12.0. The van der Waals surface area contributed by atoms with Crippen molar-refractivity contribution in [3.8, 4) is 23.0 Å². The zero-order valence-electron chi connectivity index (χ0n) is 25.0. The minimum absolute atomic E-state index is 0.208. The molecule has 1 aliphatic rings. The molecule has 0 spiro atoms. The monoisotopic (exact) mass is 683 g/mol. The predicted molar refractivity (Wildman–Crippen MR) is 187 cm³/mol. The molecule has 1 saturated heterocycles. The molecule has 6 rings (SSSR count). The topological polar surface area (TPSA) is 85.9 Å². The zero-order chi connectivity index (χ0) is 32.6. The lowest BCUT2D eigenvalue weighted by atomic mass is 10.2. The van der Waals surface area contributed by atoms with E-state index in [1.165, 1.54) is 16.7 Å². The Morgan fingerprint density at radius 1 is 0.872 bits per heavy atom. The van der Waals surface area contributed by atoms with Crippen molar-refractivity contribution in [1.82, 2.24) is 4.90 Å². The largest absolute Gasteiger partial charge is 0.493 e. The smallest absolute Gasteiger partial charge is 0.267 e. The van der Waals surface area contributed by atoms with Crippen molar-refractivity contribution in [1.29, 1.82) is 0 Å². The Labute approximate surface area is 285 Å².